The maximum atomic E-state index is 12.2. The SMILES string of the molecule is CCCC(CNC(=O)Cc1coc2cc3c(cc12)CCC3)C(=O)O. The van der Waals surface area contributed by atoms with Gasteiger partial charge < -0.3 is 14.8 Å². The first-order chi connectivity index (χ1) is 11.6. The fraction of sp³-hybridized carbons (Fsp3) is 0.474. The normalized spacial score (nSPS) is 14.5. The minimum Gasteiger partial charge on any atom is -0.481 e. The lowest BCUT2D eigenvalue weighted by atomic mass is 10.0. The molecule has 1 aromatic carbocycles. The summed E-state index contributed by atoms with van der Waals surface area (Å²) in [6, 6.07) is 4.22. The summed E-state index contributed by atoms with van der Waals surface area (Å²) in [6.45, 7) is 2.11. The number of carbonyl (C=O) groups excluding carboxylic acids is 1. The number of furan rings is 1. The lowest BCUT2D eigenvalue weighted by molar-refractivity contribution is -0.141. The molecule has 1 heterocycles. The lowest BCUT2D eigenvalue weighted by Gasteiger charge is -2.12. The number of rotatable bonds is 7. The van der Waals surface area contributed by atoms with Crippen molar-refractivity contribution >= 4 is 22.8 Å². The van der Waals surface area contributed by atoms with Crippen LogP contribution < -0.4 is 5.32 Å². The molecular formula is C19H23NO4. The lowest BCUT2D eigenvalue weighted by Crippen LogP contribution is -2.33. The maximum Gasteiger partial charge on any atom is 0.308 e. The van der Waals surface area contributed by atoms with Gasteiger partial charge in [-0.3, -0.25) is 9.59 Å². The third-order valence-corrected chi connectivity index (χ3v) is 4.75. The van der Waals surface area contributed by atoms with Crippen molar-refractivity contribution in [3.63, 3.8) is 0 Å². The van der Waals surface area contributed by atoms with Crippen molar-refractivity contribution in [2.45, 2.75) is 45.4 Å². The van der Waals surface area contributed by atoms with Gasteiger partial charge in [0, 0.05) is 17.5 Å². The smallest absolute Gasteiger partial charge is 0.308 e. The Labute approximate surface area is 141 Å². The topological polar surface area (TPSA) is 79.5 Å². The van der Waals surface area contributed by atoms with Crippen molar-refractivity contribution in [3.05, 3.63) is 35.1 Å². The van der Waals surface area contributed by atoms with E-state index in [-0.39, 0.29) is 18.9 Å². The molecule has 128 valence electrons. The number of carbonyl (C=O) groups is 2. The van der Waals surface area contributed by atoms with Gasteiger partial charge in [0.05, 0.1) is 18.6 Å². The van der Waals surface area contributed by atoms with E-state index in [0.29, 0.717) is 6.42 Å². The average Bonchev–Trinajstić information content (AvgIpc) is 3.15. The van der Waals surface area contributed by atoms with Crippen LogP contribution in [0.4, 0.5) is 0 Å². The largest absolute Gasteiger partial charge is 0.481 e. The van der Waals surface area contributed by atoms with E-state index in [9.17, 15) is 9.59 Å². The number of carboxylic acids is 1. The summed E-state index contributed by atoms with van der Waals surface area (Å²) in [5.41, 5.74) is 4.38. The molecule has 0 saturated heterocycles. The quantitative estimate of drug-likeness (QED) is 0.818. The first-order valence-corrected chi connectivity index (χ1v) is 8.60. The fourth-order valence-electron chi connectivity index (χ4n) is 3.42. The van der Waals surface area contributed by atoms with Crippen LogP contribution in [0, 0.1) is 5.92 Å². The van der Waals surface area contributed by atoms with Gasteiger partial charge in [0.1, 0.15) is 5.58 Å². The molecule has 5 nitrogen and oxygen atoms in total. The Balaban J connectivity index is 1.66. The van der Waals surface area contributed by atoms with Gasteiger partial charge in [-0.05, 0) is 48.9 Å². The zero-order chi connectivity index (χ0) is 17.1. The number of nitrogens with one attached hydrogen (secondary N) is 1. The summed E-state index contributed by atoms with van der Waals surface area (Å²) >= 11 is 0. The van der Waals surface area contributed by atoms with Gasteiger partial charge in [-0.1, -0.05) is 13.3 Å². The molecule has 1 aliphatic rings. The standard InChI is InChI=1S/C19H23NO4/c1-2-4-14(19(22)23)10-20-18(21)9-15-11-24-17-8-13-6-3-5-12(13)7-16(15)17/h7-8,11,14H,2-6,9-10H2,1H3,(H,20,21)(H,22,23). The van der Waals surface area contributed by atoms with Gasteiger partial charge in [-0.15, -0.1) is 0 Å². The van der Waals surface area contributed by atoms with Crippen molar-refractivity contribution in [1.29, 1.82) is 0 Å². The Hall–Kier alpha value is -2.30. The van der Waals surface area contributed by atoms with Gasteiger partial charge in [0.15, 0.2) is 0 Å². The molecule has 2 aromatic rings. The molecule has 1 atom stereocenters. The molecule has 0 fully saturated rings. The van der Waals surface area contributed by atoms with Gasteiger partial charge in [-0.25, -0.2) is 0 Å². The Morgan fingerprint density at radius 2 is 2.04 bits per heavy atom. The van der Waals surface area contributed by atoms with Crippen LogP contribution in [-0.4, -0.2) is 23.5 Å². The van der Waals surface area contributed by atoms with Crippen LogP contribution in [0.5, 0.6) is 0 Å². The van der Waals surface area contributed by atoms with E-state index in [1.54, 1.807) is 6.26 Å². The van der Waals surface area contributed by atoms with E-state index in [0.717, 1.165) is 35.8 Å². The molecule has 1 unspecified atom stereocenters. The summed E-state index contributed by atoms with van der Waals surface area (Å²) in [5.74, 6) is -1.55. The molecule has 0 radical (unpaired) electrons. The number of aliphatic carboxylic acids is 1. The van der Waals surface area contributed by atoms with Gasteiger partial charge in [0.25, 0.3) is 0 Å². The minimum atomic E-state index is -0.860. The summed E-state index contributed by atoms with van der Waals surface area (Å²) in [5, 5.41) is 12.9. The third-order valence-electron chi connectivity index (χ3n) is 4.75. The summed E-state index contributed by atoms with van der Waals surface area (Å²) < 4.78 is 5.60. The second-order valence-electron chi connectivity index (χ2n) is 6.54. The molecule has 0 aliphatic heterocycles. The fourth-order valence-corrected chi connectivity index (χ4v) is 3.42. The zero-order valence-electron chi connectivity index (χ0n) is 13.9. The number of amides is 1. The number of fused-ring (bicyclic) bond motifs is 2. The van der Waals surface area contributed by atoms with Crippen LogP contribution in [0.3, 0.4) is 0 Å². The Bertz CT molecular complexity index is 762. The van der Waals surface area contributed by atoms with Crippen molar-refractivity contribution in [3.8, 4) is 0 Å². The zero-order valence-corrected chi connectivity index (χ0v) is 13.9. The van der Waals surface area contributed by atoms with Crippen molar-refractivity contribution < 1.29 is 19.1 Å². The molecule has 0 spiro atoms. The molecule has 5 heteroatoms. The molecule has 0 saturated carbocycles. The Morgan fingerprint density at radius 1 is 1.29 bits per heavy atom. The van der Waals surface area contributed by atoms with E-state index < -0.39 is 11.9 Å². The van der Waals surface area contributed by atoms with Crippen LogP contribution in [0.25, 0.3) is 11.0 Å². The number of hydrogen-bond donors (Lipinski definition) is 2. The van der Waals surface area contributed by atoms with E-state index in [4.69, 9.17) is 9.52 Å². The van der Waals surface area contributed by atoms with Gasteiger partial charge in [-0.2, -0.15) is 0 Å². The molecule has 2 N–H and O–H groups in total. The predicted molar refractivity (Wildman–Crippen MR) is 91.0 cm³/mol. The number of benzene rings is 1. The van der Waals surface area contributed by atoms with Gasteiger partial charge >= 0.3 is 5.97 Å². The van der Waals surface area contributed by atoms with Crippen LogP contribution >= 0.6 is 0 Å². The average molecular weight is 329 g/mol. The first kappa shape index (κ1) is 16.6. The summed E-state index contributed by atoms with van der Waals surface area (Å²) in [7, 11) is 0. The highest BCUT2D eigenvalue weighted by atomic mass is 16.4. The van der Waals surface area contributed by atoms with E-state index in [2.05, 4.69) is 17.4 Å². The van der Waals surface area contributed by atoms with Crippen LogP contribution in [0.15, 0.2) is 22.8 Å². The molecule has 1 aliphatic carbocycles. The predicted octanol–water partition coefficient (Wildman–Crippen LogP) is 3.08. The molecule has 3 rings (SSSR count). The van der Waals surface area contributed by atoms with Crippen molar-refractivity contribution in [2.24, 2.45) is 5.92 Å². The monoisotopic (exact) mass is 329 g/mol. The highest BCUT2D eigenvalue weighted by molar-refractivity contribution is 5.88. The Kier molecular flexibility index (Phi) is 4.88. The number of carboxylic acid groups (broad SMARTS) is 1. The van der Waals surface area contributed by atoms with Crippen molar-refractivity contribution in [1.82, 2.24) is 5.32 Å². The third kappa shape index (κ3) is 3.45. The van der Waals surface area contributed by atoms with Crippen LogP contribution in [0.2, 0.25) is 0 Å². The molecule has 24 heavy (non-hydrogen) atoms. The maximum absolute atomic E-state index is 12.2. The summed E-state index contributed by atoms with van der Waals surface area (Å²) in [4.78, 5) is 23.3. The first-order valence-electron chi connectivity index (χ1n) is 8.60. The van der Waals surface area contributed by atoms with E-state index in [1.165, 1.54) is 17.5 Å². The molecule has 1 aromatic heterocycles. The molecule has 0 bridgehead atoms. The Morgan fingerprint density at radius 3 is 2.75 bits per heavy atom. The van der Waals surface area contributed by atoms with Crippen LogP contribution in [-0.2, 0) is 28.9 Å². The minimum absolute atomic E-state index is 0.166. The molecule has 1 amide bonds. The highest BCUT2D eigenvalue weighted by Gasteiger charge is 2.19. The van der Waals surface area contributed by atoms with E-state index in [1.807, 2.05) is 6.92 Å². The highest BCUT2D eigenvalue weighted by Crippen LogP contribution is 2.30. The van der Waals surface area contributed by atoms with Crippen molar-refractivity contribution in [2.75, 3.05) is 6.54 Å². The number of aryl methyl sites for hydroxylation is 2. The summed E-state index contributed by atoms with van der Waals surface area (Å²) in [6.07, 6.45) is 6.55. The second-order valence-corrected chi connectivity index (χ2v) is 6.54. The number of hydrogen-bond acceptors (Lipinski definition) is 3. The molecular weight excluding hydrogens is 306 g/mol. The van der Waals surface area contributed by atoms with Gasteiger partial charge in [0.2, 0.25) is 5.91 Å². The van der Waals surface area contributed by atoms with E-state index >= 15 is 0 Å². The second kappa shape index (κ2) is 7.07. The van der Waals surface area contributed by atoms with Crippen LogP contribution in [0.1, 0.15) is 42.9 Å².